The highest BCUT2D eigenvalue weighted by molar-refractivity contribution is 7.81. The van der Waals surface area contributed by atoms with Crippen LogP contribution < -0.4 is 0 Å². The lowest BCUT2D eigenvalue weighted by molar-refractivity contribution is 0.471. The van der Waals surface area contributed by atoms with Gasteiger partial charge < -0.3 is 0 Å². The molecule has 2 rings (SSSR count). The lowest BCUT2D eigenvalue weighted by Gasteiger charge is -2.08. The van der Waals surface area contributed by atoms with Gasteiger partial charge in [-0.1, -0.05) is 0 Å². The van der Waals surface area contributed by atoms with Gasteiger partial charge in [-0.3, -0.25) is 5.10 Å². The average molecular weight is 171 g/mol. The van der Waals surface area contributed by atoms with Crippen molar-refractivity contribution in [2.24, 2.45) is 0 Å². The Kier molecular flexibility index (Phi) is 1.54. The zero-order valence-corrected chi connectivity index (χ0v) is 7.02. The van der Waals surface area contributed by atoms with Gasteiger partial charge in [-0.05, 0) is 0 Å². The van der Waals surface area contributed by atoms with E-state index in [0.717, 1.165) is 18.8 Å². The summed E-state index contributed by atoms with van der Waals surface area (Å²) in [5.74, 6) is 0. The molecule has 4 nitrogen and oxygen atoms in total. The standard InChI is InChI=1S/C6H9N3OS/c1-11(10)9-3-5-2-7-8-6(5)4-9/h2H,3-4H2,1H3,(H,7,8). The normalized spacial score (nSPS) is 20.1. The Balaban J connectivity index is 2.22. The zero-order valence-electron chi connectivity index (χ0n) is 6.20. The first-order chi connectivity index (χ1) is 5.27. The molecule has 1 atom stereocenters. The topological polar surface area (TPSA) is 49.0 Å². The Morgan fingerprint density at radius 1 is 1.73 bits per heavy atom. The van der Waals surface area contributed by atoms with Crippen molar-refractivity contribution in [2.45, 2.75) is 13.1 Å². The molecule has 1 N–H and O–H groups in total. The third kappa shape index (κ3) is 1.10. The molecule has 0 bridgehead atoms. The van der Waals surface area contributed by atoms with Gasteiger partial charge in [-0.2, -0.15) is 5.10 Å². The fraction of sp³-hybridized carbons (Fsp3) is 0.500. The van der Waals surface area contributed by atoms with Crippen molar-refractivity contribution in [3.8, 4) is 0 Å². The number of nitrogens with zero attached hydrogens (tertiary/aromatic N) is 2. The Hall–Kier alpha value is -0.680. The molecule has 1 aliphatic rings. The van der Waals surface area contributed by atoms with E-state index in [1.165, 1.54) is 5.56 Å². The van der Waals surface area contributed by atoms with E-state index in [0.29, 0.717) is 0 Å². The molecule has 0 saturated carbocycles. The van der Waals surface area contributed by atoms with Crippen molar-refractivity contribution in [1.29, 1.82) is 0 Å². The van der Waals surface area contributed by atoms with Gasteiger partial charge in [0.05, 0.1) is 29.4 Å². The van der Waals surface area contributed by atoms with Gasteiger partial charge in [0.1, 0.15) is 0 Å². The molecule has 1 unspecified atom stereocenters. The van der Waals surface area contributed by atoms with Crippen LogP contribution in [0.5, 0.6) is 0 Å². The second kappa shape index (κ2) is 2.42. The van der Waals surface area contributed by atoms with Crippen LogP contribution in [0.3, 0.4) is 0 Å². The smallest absolute Gasteiger partial charge is 0.0917 e. The van der Waals surface area contributed by atoms with Crippen molar-refractivity contribution in [3.63, 3.8) is 0 Å². The van der Waals surface area contributed by atoms with Gasteiger partial charge in [0.2, 0.25) is 0 Å². The molecular formula is C6H9N3OS. The van der Waals surface area contributed by atoms with E-state index in [-0.39, 0.29) is 0 Å². The SMILES string of the molecule is CS(=O)N1Cc2cn[nH]c2C1. The van der Waals surface area contributed by atoms with E-state index in [2.05, 4.69) is 10.2 Å². The van der Waals surface area contributed by atoms with Crippen molar-refractivity contribution in [2.75, 3.05) is 6.26 Å². The maximum atomic E-state index is 11.0. The number of hydrogen-bond donors (Lipinski definition) is 1. The number of rotatable bonds is 1. The molecule has 0 aromatic carbocycles. The molecule has 5 heteroatoms. The second-order valence-corrected chi connectivity index (χ2v) is 3.96. The molecule has 11 heavy (non-hydrogen) atoms. The van der Waals surface area contributed by atoms with E-state index < -0.39 is 11.0 Å². The molecule has 60 valence electrons. The van der Waals surface area contributed by atoms with Crippen LogP contribution >= 0.6 is 0 Å². The lowest BCUT2D eigenvalue weighted by Crippen LogP contribution is -2.18. The maximum Gasteiger partial charge on any atom is 0.0917 e. The summed E-state index contributed by atoms with van der Waals surface area (Å²) in [6, 6.07) is 0. The summed E-state index contributed by atoms with van der Waals surface area (Å²) < 4.78 is 12.9. The van der Waals surface area contributed by atoms with Gasteiger partial charge in [-0.15, -0.1) is 0 Å². The molecule has 1 aromatic heterocycles. The minimum absolute atomic E-state index is 0.735. The van der Waals surface area contributed by atoms with Crippen molar-refractivity contribution >= 4 is 11.0 Å². The third-order valence-corrected chi connectivity index (χ3v) is 2.84. The van der Waals surface area contributed by atoms with Gasteiger partial charge in [0.25, 0.3) is 0 Å². The van der Waals surface area contributed by atoms with E-state index in [9.17, 15) is 4.21 Å². The fourth-order valence-electron chi connectivity index (χ4n) is 1.22. The molecule has 1 aliphatic heterocycles. The summed E-state index contributed by atoms with van der Waals surface area (Å²) in [5, 5.41) is 6.76. The van der Waals surface area contributed by atoms with Crippen LogP contribution in [0, 0.1) is 0 Å². The maximum absolute atomic E-state index is 11.0. The lowest BCUT2D eigenvalue weighted by atomic mass is 10.3. The first-order valence-electron chi connectivity index (χ1n) is 3.37. The van der Waals surface area contributed by atoms with E-state index >= 15 is 0 Å². The van der Waals surface area contributed by atoms with Crippen molar-refractivity contribution in [3.05, 3.63) is 17.5 Å². The number of fused-ring (bicyclic) bond motifs is 1. The number of hydrogen-bond acceptors (Lipinski definition) is 2. The largest absolute Gasteiger partial charge is 0.281 e. The summed E-state index contributed by atoms with van der Waals surface area (Å²) in [6.07, 6.45) is 3.49. The first-order valence-corrected chi connectivity index (χ1v) is 4.88. The molecule has 0 spiro atoms. The van der Waals surface area contributed by atoms with Crippen LogP contribution in [0.15, 0.2) is 6.20 Å². The van der Waals surface area contributed by atoms with Gasteiger partial charge in [0, 0.05) is 18.4 Å². The van der Waals surface area contributed by atoms with Crippen LogP contribution in [0.25, 0.3) is 0 Å². The Morgan fingerprint density at radius 2 is 2.55 bits per heavy atom. The Labute approximate surface area is 67.2 Å². The monoisotopic (exact) mass is 171 g/mol. The van der Waals surface area contributed by atoms with Crippen molar-refractivity contribution in [1.82, 2.24) is 14.5 Å². The zero-order chi connectivity index (χ0) is 7.84. The average Bonchev–Trinajstić information content (AvgIpc) is 2.40. The van der Waals surface area contributed by atoms with Crippen LogP contribution in [-0.4, -0.2) is 25.0 Å². The van der Waals surface area contributed by atoms with Crippen LogP contribution in [-0.2, 0) is 24.1 Å². The summed E-state index contributed by atoms with van der Waals surface area (Å²) in [4.78, 5) is 0. The van der Waals surface area contributed by atoms with E-state index in [4.69, 9.17) is 0 Å². The molecule has 0 fully saturated rings. The van der Waals surface area contributed by atoms with Gasteiger partial charge in [0.15, 0.2) is 0 Å². The highest BCUT2D eigenvalue weighted by atomic mass is 32.2. The summed E-state index contributed by atoms with van der Waals surface area (Å²) in [6.45, 7) is 1.49. The summed E-state index contributed by atoms with van der Waals surface area (Å²) in [7, 11) is -0.860. The summed E-state index contributed by atoms with van der Waals surface area (Å²) in [5.41, 5.74) is 2.26. The number of aromatic amines is 1. The molecular weight excluding hydrogens is 162 g/mol. The molecule has 0 amide bonds. The third-order valence-electron chi connectivity index (χ3n) is 1.85. The van der Waals surface area contributed by atoms with Crippen LogP contribution in [0.1, 0.15) is 11.3 Å². The molecule has 0 radical (unpaired) electrons. The fourth-order valence-corrected chi connectivity index (χ4v) is 1.85. The Morgan fingerprint density at radius 3 is 3.18 bits per heavy atom. The van der Waals surface area contributed by atoms with E-state index in [1.807, 2.05) is 4.31 Å². The van der Waals surface area contributed by atoms with Crippen LogP contribution in [0.2, 0.25) is 0 Å². The predicted octanol–water partition coefficient (Wildman–Crippen LogP) is 0.0188. The predicted molar refractivity (Wildman–Crippen MR) is 41.9 cm³/mol. The minimum atomic E-state index is -0.860. The number of H-pyrrole nitrogens is 1. The van der Waals surface area contributed by atoms with Gasteiger partial charge >= 0.3 is 0 Å². The van der Waals surface area contributed by atoms with Gasteiger partial charge in [-0.25, -0.2) is 8.51 Å². The first kappa shape index (κ1) is 7.00. The second-order valence-electron chi connectivity index (χ2n) is 2.60. The quantitative estimate of drug-likeness (QED) is 0.647. The molecule has 0 aliphatic carbocycles. The van der Waals surface area contributed by atoms with Crippen molar-refractivity contribution < 1.29 is 4.21 Å². The highest BCUT2D eigenvalue weighted by Crippen LogP contribution is 2.20. The summed E-state index contributed by atoms with van der Waals surface area (Å²) >= 11 is 0. The molecule has 0 saturated heterocycles. The van der Waals surface area contributed by atoms with E-state index in [1.54, 1.807) is 12.5 Å². The number of aromatic nitrogens is 2. The Bertz CT molecular complexity index is 275. The minimum Gasteiger partial charge on any atom is -0.281 e. The highest BCUT2D eigenvalue weighted by Gasteiger charge is 2.22. The molecule has 2 heterocycles. The van der Waals surface area contributed by atoms with Crippen LogP contribution in [0.4, 0.5) is 0 Å². The number of nitrogens with one attached hydrogen (secondary N) is 1. The molecule has 1 aromatic rings.